The van der Waals surface area contributed by atoms with E-state index in [4.69, 9.17) is 11.6 Å². The molecule has 1 amide bonds. The molecular weight excluding hydrogens is 212 g/mol. The van der Waals surface area contributed by atoms with Gasteiger partial charge in [0.15, 0.2) is 0 Å². The first-order valence-corrected chi connectivity index (χ1v) is 5.16. The number of amides is 1. The summed E-state index contributed by atoms with van der Waals surface area (Å²) in [6.07, 6.45) is 0. The van der Waals surface area contributed by atoms with Crippen LogP contribution in [0.3, 0.4) is 0 Å². The minimum absolute atomic E-state index is 0.0528. The van der Waals surface area contributed by atoms with Gasteiger partial charge in [-0.1, -0.05) is 11.6 Å². The van der Waals surface area contributed by atoms with Crippen molar-refractivity contribution in [1.29, 1.82) is 0 Å². The van der Waals surface area contributed by atoms with Gasteiger partial charge >= 0.3 is 0 Å². The van der Waals surface area contributed by atoms with E-state index < -0.39 is 0 Å². The molecule has 0 fully saturated rings. The Kier molecular flexibility index (Phi) is 4.12. The molecule has 0 heterocycles. The van der Waals surface area contributed by atoms with Gasteiger partial charge in [-0.25, -0.2) is 0 Å². The van der Waals surface area contributed by atoms with Crippen molar-refractivity contribution in [2.45, 2.75) is 19.9 Å². The molecule has 0 aliphatic rings. The van der Waals surface area contributed by atoms with E-state index in [-0.39, 0.29) is 11.9 Å². The van der Waals surface area contributed by atoms with Crippen LogP contribution in [0, 0.1) is 6.92 Å². The molecule has 15 heavy (non-hydrogen) atoms. The highest BCUT2D eigenvalue weighted by Gasteiger charge is 2.11. The number of anilines is 1. The second-order valence-electron chi connectivity index (χ2n) is 3.46. The van der Waals surface area contributed by atoms with Gasteiger partial charge in [0.25, 0.3) is 0 Å². The molecule has 3 nitrogen and oxygen atoms in total. The van der Waals surface area contributed by atoms with Crippen LogP contribution in [-0.4, -0.2) is 19.0 Å². The van der Waals surface area contributed by atoms with Gasteiger partial charge in [0, 0.05) is 10.7 Å². The maximum atomic E-state index is 11.6. The number of aryl methyl sites for hydroxylation is 1. The minimum atomic E-state index is -0.208. The van der Waals surface area contributed by atoms with Crippen LogP contribution in [0.1, 0.15) is 12.5 Å². The average Bonchev–Trinajstić information content (AvgIpc) is 2.20. The van der Waals surface area contributed by atoms with E-state index in [1.54, 1.807) is 26.1 Å². The summed E-state index contributed by atoms with van der Waals surface area (Å²) in [6.45, 7) is 3.71. The molecule has 0 spiro atoms. The van der Waals surface area contributed by atoms with Crippen LogP contribution >= 0.6 is 11.6 Å². The van der Waals surface area contributed by atoms with Gasteiger partial charge in [0.05, 0.1) is 6.04 Å². The van der Waals surface area contributed by atoms with Crippen molar-refractivity contribution in [2.24, 2.45) is 0 Å². The summed E-state index contributed by atoms with van der Waals surface area (Å²) in [6, 6.07) is 5.17. The Labute approximate surface area is 94.8 Å². The highest BCUT2D eigenvalue weighted by Crippen LogP contribution is 2.19. The predicted octanol–water partition coefficient (Wildman–Crippen LogP) is 2.19. The quantitative estimate of drug-likeness (QED) is 0.830. The third-order valence-electron chi connectivity index (χ3n) is 2.27. The Bertz CT molecular complexity index is 366. The summed E-state index contributed by atoms with van der Waals surface area (Å²) < 4.78 is 0. The zero-order valence-corrected chi connectivity index (χ0v) is 9.85. The van der Waals surface area contributed by atoms with Crippen LogP contribution < -0.4 is 10.6 Å². The molecule has 1 aromatic rings. The zero-order chi connectivity index (χ0) is 11.4. The van der Waals surface area contributed by atoms with Crippen molar-refractivity contribution < 1.29 is 4.79 Å². The van der Waals surface area contributed by atoms with Gasteiger partial charge in [-0.05, 0) is 44.7 Å². The first-order chi connectivity index (χ1) is 7.04. The summed E-state index contributed by atoms with van der Waals surface area (Å²) in [7, 11) is 1.75. The van der Waals surface area contributed by atoms with Crippen molar-refractivity contribution in [3.63, 3.8) is 0 Å². The fraction of sp³-hybridized carbons (Fsp3) is 0.364. The summed E-state index contributed by atoms with van der Waals surface area (Å²) >= 11 is 5.82. The Balaban J connectivity index is 2.77. The maximum absolute atomic E-state index is 11.6. The van der Waals surface area contributed by atoms with Gasteiger partial charge in [0.2, 0.25) is 5.91 Å². The Hall–Kier alpha value is -1.06. The Morgan fingerprint density at radius 3 is 2.67 bits per heavy atom. The van der Waals surface area contributed by atoms with Crippen molar-refractivity contribution in [1.82, 2.24) is 5.32 Å². The molecule has 0 saturated carbocycles. The third kappa shape index (κ3) is 3.22. The van der Waals surface area contributed by atoms with Gasteiger partial charge in [-0.3, -0.25) is 4.79 Å². The molecule has 2 N–H and O–H groups in total. The lowest BCUT2D eigenvalue weighted by Crippen LogP contribution is -2.35. The largest absolute Gasteiger partial charge is 0.324 e. The second kappa shape index (κ2) is 5.14. The van der Waals surface area contributed by atoms with Crippen molar-refractivity contribution >= 4 is 23.2 Å². The Morgan fingerprint density at radius 1 is 1.47 bits per heavy atom. The number of carbonyl (C=O) groups is 1. The first kappa shape index (κ1) is 12.0. The average molecular weight is 227 g/mol. The lowest BCUT2D eigenvalue weighted by atomic mass is 10.2. The van der Waals surface area contributed by atoms with Gasteiger partial charge in [-0.15, -0.1) is 0 Å². The molecule has 1 rings (SSSR count). The predicted molar refractivity (Wildman–Crippen MR) is 63.3 cm³/mol. The smallest absolute Gasteiger partial charge is 0.241 e. The van der Waals surface area contributed by atoms with Crippen LogP contribution in [0.25, 0.3) is 0 Å². The number of carbonyl (C=O) groups excluding carboxylic acids is 1. The molecule has 0 radical (unpaired) electrons. The van der Waals surface area contributed by atoms with E-state index in [1.807, 2.05) is 13.0 Å². The number of nitrogens with one attached hydrogen (secondary N) is 2. The van der Waals surface area contributed by atoms with Gasteiger partial charge in [0.1, 0.15) is 0 Å². The number of benzene rings is 1. The van der Waals surface area contributed by atoms with Crippen molar-refractivity contribution in [3.05, 3.63) is 28.8 Å². The minimum Gasteiger partial charge on any atom is -0.324 e. The van der Waals surface area contributed by atoms with Crippen molar-refractivity contribution in [3.8, 4) is 0 Å². The van der Waals surface area contributed by atoms with E-state index in [0.717, 1.165) is 11.3 Å². The maximum Gasteiger partial charge on any atom is 0.241 e. The van der Waals surface area contributed by atoms with Crippen LogP contribution in [0.5, 0.6) is 0 Å². The topological polar surface area (TPSA) is 41.1 Å². The standard InChI is InChI=1S/C11H15ClN2O/c1-7-6-9(12)4-5-10(7)14-11(15)8(2)13-3/h4-6,8,13H,1-3H3,(H,14,15). The van der Waals surface area contributed by atoms with E-state index in [2.05, 4.69) is 10.6 Å². The van der Waals surface area contributed by atoms with E-state index in [0.29, 0.717) is 5.02 Å². The lowest BCUT2D eigenvalue weighted by molar-refractivity contribution is -0.117. The molecule has 0 aliphatic heterocycles. The highest BCUT2D eigenvalue weighted by molar-refractivity contribution is 6.30. The van der Waals surface area contributed by atoms with Gasteiger partial charge < -0.3 is 10.6 Å². The first-order valence-electron chi connectivity index (χ1n) is 4.79. The molecule has 1 aromatic carbocycles. The number of likely N-dealkylation sites (N-methyl/N-ethyl adjacent to an activating group) is 1. The summed E-state index contributed by atoms with van der Waals surface area (Å²) in [5.41, 5.74) is 1.76. The fourth-order valence-electron chi connectivity index (χ4n) is 1.14. The zero-order valence-electron chi connectivity index (χ0n) is 9.10. The van der Waals surface area contributed by atoms with Crippen molar-refractivity contribution in [2.75, 3.05) is 12.4 Å². The monoisotopic (exact) mass is 226 g/mol. The molecular formula is C11H15ClN2O. The van der Waals surface area contributed by atoms with E-state index in [9.17, 15) is 4.79 Å². The summed E-state index contributed by atoms with van der Waals surface area (Å²) in [5.74, 6) is -0.0528. The molecule has 0 aliphatic carbocycles. The van der Waals surface area contributed by atoms with Crippen LogP contribution in [0.4, 0.5) is 5.69 Å². The van der Waals surface area contributed by atoms with E-state index >= 15 is 0 Å². The summed E-state index contributed by atoms with van der Waals surface area (Å²) in [4.78, 5) is 11.6. The van der Waals surface area contributed by atoms with Crippen LogP contribution in [0.2, 0.25) is 5.02 Å². The molecule has 0 aromatic heterocycles. The molecule has 0 bridgehead atoms. The van der Waals surface area contributed by atoms with Crippen LogP contribution in [0.15, 0.2) is 18.2 Å². The van der Waals surface area contributed by atoms with Gasteiger partial charge in [-0.2, -0.15) is 0 Å². The fourth-order valence-corrected chi connectivity index (χ4v) is 1.37. The highest BCUT2D eigenvalue weighted by atomic mass is 35.5. The molecule has 1 atom stereocenters. The molecule has 82 valence electrons. The summed E-state index contributed by atoms with van der Waals surface area (Å²) in [5, 5.41) is 6.38. The lowest BCUT2D eigenvalue weighted by Gasteiger charge is -2.12. The molecule has 4 heteroatoms. The number of hydrogen-bond donors (Lipinski definition) is 2. The van der Waals surface area contributed by atoms with Crippen LogP contribution in [-0.2, 0) is 4.79 Å². The number of rotatable bonds is 3. The van der Waals surface area contributed by atoms with E-state index in [1.165, 1.54) is 0 Å². The normalized spacial score (nSPS) is 12.3. The number of halogens is 1. The molecule has 1 unspecified atom stereocenters. The Morgan fingerprint density at radius 2 is 2.13 bits per heavy atom. The number of hydrogen-bond acceptors (Lipinski definition) is 2. The molecule has 0 saturated heterocycles. The third-order valence-corrected chi connectivity index (χ3v) is 2.51. The second-order valence-corrected chi connectivity index (χ2v) is 3.90. The SMILES string of the molecule is CNC(C)C(=O)Nc1ccc(Cl)cc1C.